The van der Waals surface area contributed by atoms with Gasteiger partial charge in [-0.1, -0.05) is 29.3 Å². The van der Waals surface area contributed by atoms with E-state index in [0.717, 1.165) is 48.7 Å². The van der Waals surface area contributed by atoms with E-state index in [1.54, 1.807) is 0 Å². The van der Waals surface area contributed by atoms with Crippen LogP contribution in [-0.2, 0) is 13.0 Å². The van der Waals surface area contributed by atoms with Crippen molar-refractivity contribution in [1.82, 2.24) is 24.5 Å². The number of hydrogen-bond donors (Lipinski definition) is 0. The molecule has 0 aliphatic heterocycles. The fourth-order valence-electron chi connectivity index (χ4n) is 3.94. The molecule has 2 heterocycles. The summed E-state index contributed by atoms with van der Waals surface area (Å²) < 4.78 is 2.05. The molecule has 0 atom stereocenters. The van der Waals surface area contributed by atoms with Crippen LogP contribution in [0.1, 0.15) is 50.6 Å². The van der Waals surface area contributed by atoms with Crippen molar-refractivity contribution in [1.29, 1.82) is 0 Å². The highest BCUT2D eigenvalue weighted by molar-refractivity contribution is 5.98. The number of benzene rings is 1. The third-order valence-corrected chi connectivity index (χ3v) is 5.61. The monoisotopic (exact) mass is 418 g/mol. The molecule has 0 aliphatic rings. The first kappa shape index (κ1) is 22.8. The van der Waals surface area contributed by atoms with Crippen molar-refractivity contribution in [3.05, 3.63) is 58.7 Å². The van der Waals surface area contributed by atoms with E-state index < -0.39 is 0 Å². The Hall–Kier alpha value is -2.86. The van der Waals surface area contributed by atoms with Crippen LogP contribution in [0, 0.1) is 6.92 Å². The minimum absolute atomic E-state index is 0.731. The normalized spacial score (nSPS) is 12.1. The van der Waals surface area contributed by atoms with Crippen molar-refractivity contribution in [3.63, 3.8) is 0 Å². The average molecular weight is 419 g/mol. The van der Waals surface area contributed by atoms with Gasteiger partial charge in [-0.3, -0.25) is 14.4 Å². The lowest BCUT2D eigenvalue weighted by molar-refractivity contribution is 0.388. The van der Waals surface area contributed by atoms with Crippen LogP contribution in [0.5, 0.6) is 0 Å². The summed E-state index contributed by atoms with van der Waals surface area (Å²) in [5.74, 6) is 0.917. The summed E-state index contributed by atoms with van der Waals surface area (Å²) in [4.78, 5) is 11.2. The molecule has 164 valence electrons. The second-order valence-electron chi connectivity index (χ2n) is 8.66. The van der Waals surface area contributed by atoms with Gasteiger partial charge < -0.3 is 4.90 Å². The fourth-order valence-corrected chi connectivity index (χ4v) is 3.94. The molecule has 0 saturated heterocycles. The molecule has 3 rings (SSSR count). The smallest absolute Gasteiger partial charge is 0.179 e. The van der Waals surface area contributed by atoms with Crippen LogP contribution in [0.25, 0.3) is 16.9 Å². The van der Waals surface area contributed by atoms with E-state index in [-0.39, 0.29) is 0 Å². The molecule has 0 N–H and O–H groups in total. The molecule has 0 radical (unpaired) electrons. The molecular formula is C25H34N6. The van der Waals surface area contributed by atoms with Crippen LogP contribution in [0.3, 0.4) is 0 Å². The molecule has 0 fully saturated rings. The van der Waals surface area contributed by atoms with E-state index in [4.69, 9.17) is 4.98 Å². The molecule has 6 nitrogen and oxygen atoms in total. The van der Waals surface area contributed by atoms with Crippen molar-refractivity contribution in [3.8, 4) is 11.3 Å². The van der Waals surface area contributed by atoms with Gasteiger partial charge in [0.2, 0.25) is 0 Å². The zero-order valence-corrected chi connectivity index (χ0v) is 19.9. The fraction of sp³-hybridized carbons (Fsp3) is 0.440. The van der Waals surface area contributed by atoms with Gasteiger partial charge in [-0.25, -0.2) is 0 Å². The number of hydrogen-bond acceptors (Lipinski definition) is 5. The summed E-state index contributed by atoms with van der Waals surface area (Å²) in [5.41, 5.74) is 9.36. The van der Waals surface area contributed by atoms with Crippen molar-refractivity contribution in [2.24, 2.45) is 4.99 Å². The van der Waals surface area contributed by atoms with E-state index in [0.29, 0.717) is 0 Å². The van der Waals surface area contributed by atoms with E-state index >= 15 is 0 Å². The standard InChI is InChI=1S/C25H34N6/c1-17(2)21(19(4)26-5)10-8-9-20-13-18(3)11-12-22(20)23-15-31-24(14-27-23)28-29-25(31)16-30(6)7/h11-15H,8-10,16H2,1-7H3. The van der Waals surface area contributed by atoms with Gasteiger partial charge in [0.25, 0.3) is 0 Å². The number of rotatable bonds is 8. The summed E-state index contributed by atoms with van der Waals surface area (Å²) in [6.07, 6.45) is 6.98. The lowest BCUT2D eigenvalue weighted by Gasteiger charge is -2.13. The van der Waals surface area contributed by atoms with Crippen molar-refractivity contribution < 1.29 is 0 Å². The quantitative estimate of drug-likeness (QED) is 0.488. The Balaban J connectivity index is 1.90. The SMILES string of the molecule is CN=C(C)C(CCCc1cc(C)ccc1-c1cn2c(CN(C)C)nnc2cn1)=C(C)C. The van der Waals surface area contributed by atoms with Gasteiger partial charge in [-0.2, -0.15) is 0 Å². The molecule has 31 heavy (non-hydrogen) atoms. The Morgan fingerprint density at radius 3 is 2.58 bits per heavy atom. The van der Waals surface area contributed by atoms with Crippen LogP contribution in [-0.4, -0.2) is 51.3 Å². The summed E-state index contributed by atoms with van der Waals surface area (Å²) in [7, 11) is 5.94. The second kappa shape index (κ2) is 9.96. The molecule has 0 amide bonds. The lowest BCUT2D eigenvalue weighted by Crippen LogP contribution is -2.13. The zero-order valence-electron chi connectivity index (χ0n) is 19.9. The molecule has 0 unspecified atom stereocenters. The molecule has 1 aromatic carbocycles. The maximum atomic E-state index is 4.71. The number of aliphatic imine (C=N–C) groups is 1. The van der Waals surface area contributed by atoms with Crippen molar-refractivity contribution in [2.45, 2.75) is 53.5 Å². The zero-order chi connectivity index (χ0) is 22.5. The van der Waals surface area contributed by atoms with Crippen LogP contribution in [0.2, 0.25) is 0 Å². The first-order valence-corrected chi connectivity index (χ1v) is 10.8. The van der Waals surface area contributed by atoms with Crippen LogP contribution < -0.4 is 0 Å². The maximum Gasteiger partial charge on any atom is 0.179 e. The molecule has 0 spiro atoms. The number of allylic oxidation sites excluding steroid dienone is 2. The Morgan fingerprint density at radius 1 is 1.13 bits per heavy atom. The van der Waals surface area contributed by atoms with Gasteiger partial charge in [-0.15, -0.1) is 10.2 Å². The Kier molecular flexibility index (Phi) is 7.33. The van der Waals surface area contributed by atoms with Gasteiger partial charge in [0.1, 0.15) is 0 Å². The first-order chi connectivity index (χ1) is 14.8. The lowest BCUT2D eigenvalue weighted by atomic mass is 9.94. The van der Waals surface area contributed by atoms with Gasteiger partial charge in [0.05, 0.1) is 18.4 Å². The number of aryl methyl sites for hydroxylation is 2. The van der Waals surface area contributed by atoms with Crippen LogP contribution in [0.15, 0.2) is 46.7 Å². The first-order valence-electron chi connectivity index (χ1n) is 10.8. The topological polar surface area (TPSA) is 58.7 Å². The van der Waals surface area contributed by atoms with Crippen LogP contribution in [0.4, 0.5) is 0 Å². The van der Waals surface area contributed by atoms with E-state index in [9.17, 15) is 0 Å². The highest BCUT2D eigenvalue weighted by atomic mass is 15.3. The Bertz CT molecular complexity index is 1120. The van der Waals surface area contributed by atoms with Crippen molar-refractivity contribution >= 4 is 11.4 Å². The predicted octanol–water partition coefficient (Wildman–Crippen LogP) is 4.91. The summed E-state index contributed by atoms with van der Waals surface area (Å²) in [6.45, 7) is 9.32. The van der Waals surface area contributed by atoms with E-state index in [2.05, 4.69) is 72.2 Å². The van der Waals surface area contributed by atoms with E-state index in [1.165, 1.54) is 27.8 Å². The molecule has 6 heteroatoms. The number of fused-ring (bicyclic) bond motifs is 1. The number of nitrogens with zero attached hydrogens (tertiary/aromatic N) is 6. The molecule has 2 aromatic heterocycles. The summed E-state index contributed by atoms with van der Waals surface area (Å²) in [5, 5.41) is 8.59. The molecule has 0 saturated carbocycles. The van der Waals surface area contributed by atoms with Crippen LogP contribution >= 0.6 is 0 Å². The highest BCUT2D eigenvalue weighted by Crippen LogP contribution is 2.26. The maximum absolute atomic E-state index is 4.71. The van der Waals surface area contributed by atoms with E-state index in [1.807, 2.05) is 31.7 Å². The average Bonchev–Trinajstić information content (AvgIpc) is 3.12. The van der Waals surface area contributed by atoms with Crippen molar-refractivity contribution in [2.75, 3.05) is 21.1 Å². The minimum atomic E-state index is 0.731. The Morgan fingerprint density at radius 2 is 1.90 bits per heavy atom. The third kappa shape index (κ3) is 5.44. The molecule has 0 bridgehead atoms. The predicted molar refractivity (Wildman–Crippen MR) is 129 cm³/mol. The highest BCUT2D eigenvalue weighted by Gasteiger charge is 2.12. The van der Waals surface area contributed by atoms with Gasteiger partial charge in [0.15, 0.2) is 11.5 Å². The Labute approximate surface area is 185 Å². The molecular weight excluding hydrogens is 384 g/mol. The summed E-state index contributed by atoms with van der Waals surface area (Å²) >= 11 is 0. The van der Waals surface area contributed by atoms with Gasteiger partial charge >= 0.3 is 0 Å². The second-order valence-corrected chi connectivity index (χ2v) is 8.66. The molecule has 0 aliphatic carbocycles. The van der Waals surface area contributed by atoms with Gasteiger partial charge in [-0.05, 0) is 72.2 Å². The minimum Gasteiger partial charge on any atom is -0.302 e. The molecule has 3 aromatic rings. The number of aromatic nitrogens is 4. The largest absolute Gasteiger partial charge is 0.302 e. The third-order valence-electron chi connectivity index (χ3n) is 5.61. The summed E-state index contributed by atoms with van der Waals surface area (Å²) in [6, 6.07) is 6.64. The van der Waals surface area contributed by atoms with Gasteiger partial charge in [0, 0.05) is 24.5 Å².